The van der Waals surface area contributed by atoms with Crippen LogP contribution in [-0.4, -0.2) is 55.1 Å². The van der Waals surface area contributed by atoms with Crippen LogP contribution in [0, 0.1) is 0 Å². The lowest BCUT2D eigenvalue weighted by Crippen LogP contribution is -2.48. The van der Waals surface area contributed by atoms with Crippen molar-refractivity contribution in [2.24, 2.45) is 0 Å². The fourth-order valence-corrected chi connectivity index (χ4v) is 58.8. The van der Waals surface area contributed by atoms with Crippen LogP contribution in [0.25, 0.3) is 0 Å². The molecule has 0 saturated heterocycles. The van der Waals surface area contributed by atoms with Crippen LogP contribution in [0.5, 0.6) is 0 Å². The van der Waals surface area contributed by atoms with Gasteiger partial charge in [0, 0.05) is 0 Å². The third-order valence-corrected chi connectivity index (χ3v) is 47.4. The molecule has 0 aromatic carbocycles. The molecule has 0 atom stereocenters. The standard InChI is InChI=1S/C3H9O6Si7/c1-10(2)12(5)14(7)16(9)15(8)13(6)11(3)4/h1-3H3. The molecule has 0 unspecified atom stereocenters. The molecule has 0 aromatic rings. The van der Waals surface area contributed by atoms with Gasteiger partial charge in [-0.05, 0) is 6.55 Å². The monoisotopic (exact) mass is 337 g/mol. The molecule has 0 rings (SSSR count). The van der Waals surface area contributed by atoms with Gasteiger partial charge in [-0.15, -0.1) is 0 Å². The summed E-state index contributed by atoms with van der Waals surface area (Å²) in [5.41, 5.74) is 0. The molecule has 0 fully saturated rings. The van der Waals surface area contributed by atoms with Gasteiger partial charge in [0.05, 0.1) is 0 Å². The highest BCUT2D eigenvalue weighted by molar-refractivity contribution is 7.70. The molecule has 16 heavy (non-hydrogen) atoms. The van der Waals surface area contributed by atoms with E-state index in [1.165, 1.54) is 6.55 Å². The lowest BCUT2D eigenvalue weighted by molar-refractivity contribution is 0.537. The normalized spacial score (nSPS) is 9.75. The van der Waals surface area contributed by atoms with Crippen molar-refractivity contribution in [3.05, 3.63) is 0 Å². The van der Waals surface area contributed by atoms with Crippen molar-refractivity contribution in [2.45, 2.75) is 19.6 Å². The molecule has 0 amide bonds. The molecule has 1 radical (unpaired) electrons. The minimum absolute atomic E-state index is 1.18. The first-order valence-corrected chi connectivity index (χ1v) is 21.7. The Labute approximate surface area is 101 Å². The van der Waals surface area contributed by atoms with Gasteiger partial charge < -0.3 is 26.8 Å². The molecule has 0 N–H and O–H groups in total. The molecular formula is C3H9O6Si7. The number of hydrogen-bond donors (Lipinski definition) is 0. The van der Waals surface area contributed by atoms with Crippen molar-refractivity contribution < 1.29 is 26.8 Å². The summed E-state index contributed by atoms with van der Waals surface area (Å²) in [7, 11) is -18.2. The highest BCUT2D eigenvalue weighted by Crippen LogP contribution is 1.85. The first-order valence-electron chi connectivity index (χ1n) is 4.22. The van der Waals surface area contributed by atoms with Crippen molar-refractivity contribution in [1.82, 2.24) is 0 Å². The second-order valence-electron chi connectivity index (χ2n) is 3.20. The maximum absolute atomic E-state index is 11.5. The zero-order valence-corrected chi connectivity index (χ0v) is 15.9. The predicted octanol–water partition coefficient (Wildman–Crippen LogP) is -1.63. The SMILES string of the molecule is C[Si](C)[Si](=O)[Si](=O)[Si](=O)[Si](=O)[Si](=O)[Si](C)=O. The van der Waals surface area contributed by atoms with E-state index in [9.17, 15) is 26.8 Å². The molecule has 0 bridgehead atoms. The Morgan fingerprint density at radius 1 is 0.500 bits per heavy atom. The van der Waals surface area contributed by atoms with Gasteiger partial charge in [0.2, 0.25) is 0 Å². The molecule has 0 saturated carbocycles. The van der Waals surface area contributed by atoms with E-state index in [-0.39, 0.29) is 0 Å². The molecule has 85 valence electrons. The van der Waals surface area contributed by atoms with Crippen LogP contribution >= 0.6 is 0 Å². The Bertz CT molecular complexity index is 410. The highest BCUT2D eigenvalue weighted by atomic mass is 30.0. The van der Waals surface area contributed by atoms with Crippen LogP contribution < -0.4 is 0 Å². The fraction of sp³-hybridized carbons (Fsp3) is 1.00. The molecule has 0 spiro atoms. The highest BCUT2D eigenvalue weighted by Gasteiger charge is 2.43. The van der Waals surface area contributed by atoms with Crippen molar-refractivity contribution in [1.29, 1.82) is 0 Å². The molecule has 13 heteroatoms. The lowest BCUT2D eigenvalue weighted by atomic mass is 11.9. The van der Waals surface area contributed by atoms with E-state index in [4.69, 9.17) is 0 Å². The summed E-state index contributed by atoms with van der Waals surface area (Å²) in [4.78, 5) is 0. The first-order chi connectivity index (χ1) is 7.20. The van der Waals surface area contributed by atoms with Gasteiger partial charge in [0.25, 0.3) is 0 Å². The zero-order chi connectivity index (χ0) is 13.0. The second-order valence-corrected chi connectivity index (χ2v) is 35.8. The van der Waals surface area contributed by atoms with Gasteiger partial charge in [-0.1, -0.05) is 13.1 Å². The Morgan fingerprint density at radius 2 is 0.812 bits per heavy atom. The second kappa shape index (κ2) is 6.91. The van der Waals surface area contributed by atoms with Crippen LogP contribution in [0.1, 0.15) is 0 Å². The summed E-state index contributed by atoms with van der Waals surface area (Å²) in [5, 5.41) is 0. The summed E-state index contributed by atoms with van der Waals surface area (Å²) in [6.45, 7) is 4.53. The predicted molar refractivity (Wildman–Crippen MR) is 62.0 cm³/mol. The van der Waals surface area contributed by atoms with Gasteiger partial charge >= 0.3 is 46.8 Å². The van der Waals surface area contributed by atoms with E-state index in [0.29, 0.717) is 0 Å². The summed E-state index contributed by atoms with van der Waals surface area (Å²) in [6, 6.07) is 0. The Balaban J connectivity index is 4.90. The van der Waals surface area contributed by atoms with Gasteiger partial charge in [-0.3, -0.25) is 0 Å². The third-order valence-electron chi connectivity index (χ3n) is 1.60. The maximum Gasteiger partial charge on any atom is 0.381 e. The van der Waals surface area contributed by atoms with Gasteiger partial charge in [0.1, 0.15) is 8.31 Å². The quantitative estimate of drug-likeness (QED) is 0.539. The maximum atomic E-state index is 11.5. The van der Waals surface area contributed by atoms with Crippen LogP contribution in [0.15, 0.2) is 0 Å². The minimum atomic E-state index is -3.07. The lowest BCUT2D eigenvalue weighted by Gasteiger charge is -1.93. The van der Waals surface area contributed by atoms with E-state index >= 15 is 0 Å². The molecule has 0 aromatic heterocycles. The molecule has 0 heterocycles. The average Bonchev–Trinajstić information content (AvgIpc) is 2.23. The van der Waals surface area contributed by atoms with E-state index in [1.807, 2.05) is 0 Å². The van der Waals surface area contributed by atoms with Gasteiger partial charge in [-0.2, -0.15) is 0 Å². The summed E-state index contributed by atoms with van der Waals surface area (Å²) >= 11 is 0. The third kappa shape index (κ3) is 4.29. The van der Waals surface area contributed by atoms with E-state index in [1.54, 1.807) is 13.1 Å². The van der Waals surface area contributed by atoms with Crippen LogP contribution in [0.4, 0.5) is 0 Å². The number of rotatable bonds is 6. The molecular weight excluding hydrogens is 329 g/mol. The Kier molecular flexibility index (Phi) is 7.05. The van der Waals surface area contributed by atoms with Crippen LogP contribution in [-0.2, 0) is 26.8 Å². The van der Waals surface area contributed by atoms with Crippen LogP contribution in [0.3, 0.4) is 0 Å². The Morgan fingerprint density at radius 3 is 1.12 bits per heavy atom. The summed E-state index contributed by atoms with van der Waals surface area (Å²) < 4.78 is 68.1. The van der Waals surface area contributed by atoms with Crippen molar-refractivity contribution in [2.75, 3.05) is 0 Å². The largest absolute Gasteiger partial charge is 0.389 e. The smallest absolute Gasteiger partial charge is 0.381 e. The first kappa shape index (κ1) is 16.3. The molecule has 0 aliphatic rings. The van der Waals surface area contributed by atoms with Gasteiger partial charge in [-0.25, -0.2) is 0 Å². The summed E-state index contributed by atoms with van der Waals surface area (Å²) in [5.74, 6) is 0. The average molecular weight is 338 g/mol. The topological polar surface area (TPSA) is 102 Å². The molecule has 0 aliphatic carbocycles. The summed E-state index contributed by atoms with van der Waals surface area (Å²) in [6.07, 6.45) is 0. The van der Waals surface area contributed by atoms with E-state index < -0.39 is 55.1 Å². The minimum Gasteiger partial charge on any atom is -0.389 e. The van der Waals surface area contributed by atoms with Crippen molar-refractivity contribution in [3.63, 3.8) is 0 Å². The van der Waals surface area contributed by atoms with Crippen LogP contribution in [0.2, 0.25) is 19.6 Å². The zero-order valence-electron chi connectivity index (χ0n) is 8.95. The Hall–Kier alpha value is 0.318. The van der Waals surface area contributed by atoms with E-state index in [2.05, 4.69) is 0 Å². The van der Waals surface area contributed by atoms with Crippen molar-refractivity contribution >= 4 is 55.1 Å². The molecule has 6 nitrogen and oxygen atoms in total. The molecule has 0 aliphatic heterocycles. The van der Waals surface area contributed by atoms with Crippen molar-refractivity contribution in [3.8, 4) is 0 Å². The number of hydrogen-bond acceptors (Lipinski definition) is 6. The van der Waals surface area contributed by atoms with E-state index in [0.717, 1.165) is 0 Å². The van der Waals surface area contributed by atoms with Gasteiger partial charge in [0.15, 0.2) is 0 Å². The fourth-order valence-electron chi connectivity index (χ4n) is 0.696.